The molecule has 1 rings (SSSR count). The lowest BCUT2D eigenvalue weighted by Crippen LogP contribution is -2.39. The summed E-state index contributed by atoms with van der Waals surface area (Å²) >= 11 is 0. The van der Waals surface area contributed by atoms with Gasteiger partial charge in [-0.25, -0.2) is 0 Å². The van der Waals surface area contributed by atoms with Crippen molar-refractivity contribution >= 4 is 5.91 Å². The van der Waals surface area contributed by atoms with Crippen LogP contribution in [0.2, 0.25) is 0 Å². The van der Waals surface area contributed by atoms with Crippen LogP contribution in [-0.4, -0.2) is 36.5 Å². The molecule has 1 aliphatic rings. The van der Waals surface area contributed by atoms with Gasteiger partial charge in [0.25, 0.3) is 0 Å². The molecule has 0 unspecified atom stereocenters. The molecule has 1 amide bonds. The Hall–Kier alpha value is -1.59. The highest BCUT2D eigenvalue weighted by Crippen LogP contribution is 2.26. The number of nitrogens with one attached hydrogen (secondary N) is 1. The van der Waals surface area contributed by atoms with E-state index in [1.165, 1.54) is 0 Å². The van der Waals surface area contributed by atoms with E-state index in [1.54, 1.807) is 0 Å². The molecule has 0 spiro atoms. The maximum Gasteiger partial charge on any atom is 0.234 e. The molecule has 0 aromatic carbocycles. The van der Waals surface area contributed by atoms with Crippen LogP contribution in [0.5, 0.6) is 0 Å². The molecule has 0 aliphatic heterocycles. The number of nitrogens with zero attached hydrogens (tertiary/aromatic N) is 3. The van der Waals surface area contributed by atoms with Gasteiger partial charge in [-0.2, -0.15) is 10.5 Å². The van der Waals surface area contributed by atoms with Gasteiger partial charge in [-0.15, -0.1) is 0 Å². The number of carbonyl (C=O) groups is 1. The molecular weight excluding hydrogens is 204 g/mol. The van der Waals surface area contributed by atoms with Crippen LogP contribution in [0.4, 0.5) is 0 Å². The Labute approximate surface area is 95.6 Å². The van der Waals surface area contributed by atoms with Gasteiger partial charge >= 0.3 is 0 Å². The van der Waals surface area contributed by atoms with E-state index in [0.29, 0.717) is 38.5 Å². The SMILES string of the molecule is N#CCCNC(=O)CN(CCC#N)C1CC1. The summed E-state index contributed by atoms with van der Waals surface area (Å²) in [4.78, 5) is 13.5. The molecule has 1 N–H and O–H groups in total. The Balaban J connectivity index is 2.23. The molecular formula is C11H16N4O. The second-order valence-corrected chi connectivity index (χ2v) is 3.87. The molecule has 0 saturated heterocycles. The fourth-order valence-corrected chi connectivity index (χ4v) is 1.52. The van der Waals surface area contributed by atoms with Crippen molar-refractivity contribution in [2.24, 2.45) is 0 Å². The fraction of sp³-hybridized carbons (Fsp3) is 0.727. The summed E-state index contributed by atoms with van der Waals surface area (Å²) in [5, 5.41) is 19.5. The predicted molar refractivity (Wildman–Crippen MR) is 58.1 cm³/mol. The van der Waals surface area contributed by atoms with Crippen molar-refractivity contribution in [2.75, 3.05) is 19.6 Å². The van der Waals surface area contributed by atoms with E-state index in [4.69, 9.17) is 10.5 Å². The zero-order chi connectivity index (χ0) is 11.8. The van der Waals surface area contributed by atoms with E-state index < -0.39 is 0 Å². The molecule has 1 fully saturated rings. The zero-order valence-corrected chi connectivity index (χ0v) is 9.28. The molecule has 0 aromatic heterocycles. The van der Waals surface area contributed by atoms with Crippen molar-refractivity contribution < 1.29 is 4.79 Å². The highest BCUT2D eigenvalue weighted by Gasteiger charge is 2.29. The molecule has 5 heteroatoms. The average Bonchev–Trinajstić information content (AvgIpc) is 3.08. The van der Waals surface area contributed by atoms with E-state index in [2.05, 4.69) is 11.4 Å². The highest BCUT2D eigenvalue weighted by molar-refractivity contribution is 5.78. The lowest BCUT2D eigenvalue weighted by molar-refractivity contribution is -0.122. The summed E-state index contributed by atoms with van der Waals surface area (Å²) in [7, 11) is 0. The van der Waals surface area contributed by atoms with Gasteiger partial charge in [-0.1, -0.05) is 0 Å². The Bertz CT molecular complexity index is 311. The first-order valence-electron chi connectivity index (χ1n) is 5.52. The van der Waals surface area contributed by atoms with Crippen LogP contribution < -0.4 is 5.32 Å². The summed E-state index contributed by atoms with van der Waals surface area (Å²) in [6, 6.07) is 4.55. The number of amides is 1. The first-order valence-corrected chi connectivity index (χ1v) is 5.52. The molecule has 0 atom stereocenters. The van der Waals surface area contributed by atoms with Gasteiger partial charge in [0.15, 0.2) is 0 Å². The molecule has 16 heavy (non-hydrogen) atoms. The summed E-state index contributed by atoms with van der Waals surface area (Å²) in [5.74, 6) is -0.0555. The molecule has 86 valence electrons. The van der Waals surface area contributed by atoms with E-state index in [-0.39, 0.29) is 5.91 Å². The van der Waals surface area contributed by atoms with Crippen molar-refractivity contribution in [1.29, 1.82) is 10.5 Å². The maximum atomic E-state index is 11.5. The molecule has 1 aliphatic carbocycles. The highest BCUT2D eigenvalue weighted by atomic mass is 16.2. The zero-order valence-electron chi connectivity index (χ0n) is 9.28. The third-order valence-electron chi connectivity index (χ3n) is 2.48. The Morgan fingerprint density at radius 1 is 1.31 bits per heavy atom. The average molecular weight is 220 g/mol. The topological polar surface area (TPSA) is 79.9 Å². The normalized spacial score (nSPS) is 14.2. The predicted octanol–water partition coefficient (Wildman–Crippen LogP) is 0.394. The van der Waals surface area contributed by atoms with E-state index in [0.717, 1.165) is 12.8 Å². The first kappa shape index (κ1) is 12.5. The second-order valence-electron chi connectivity index (χ2n) is 3.87. The monoisotopic (exact) mass is 220 g/mol. The minimum absolute atomic E-state index is 0.0555. The van der Waals surface area contributed by atoms with Gasteiger partial charge in [0.2, 0.25) is 5.91 Å². The number of hydrogen-bond acceptors (Lipinski definition) is 4. The lowest BCUT2D eigenvalue weighted by atomic mass is 10.3. The van der Waals surface area contributed by atoms with Gasteiger partial charge in [0, 0.05) is 25.6 Å². The number of hydrogen-bond donors (Lipinski definition) is 1. The molecule has 0 heterocycles. The fourth-order valence-electron chi connectivity index (χ4n) is 1.52. The van der Waals surface area contributed by atoms with E-state index in [1.807, 2.05) is 11.0 Å². The first-order chi connectivity index (χ1) is 7.77. The third kappa shape index (κ3) is 4.77. The maximum absolute atomic E-state index is 11.5. The quantitative estimate of drug-likeness (QED) is 0.629. The van der Waals surface area contributed by atoms with Crippen LogP contribution in [0.25, 0.3) is 0 Å². The van der Waals surface area contributed by atoms with Crippen LogP contribution >= 0.6 is 0 Å². The molecule has 0 radical (unpaired) electrons. The van der Waals surface area contributed by atoms with E-state index in [9.17, 15) is 4.79 Å². The Morgan fingerprint density at radius 2 is 2.00 bits per heavy atom. The summed E-state index contributed by atoms with van der Waals surface area (Å²) < 4.78 is 0. The van der Waals surface area contributed by atoms with Crippen LogP contribution in [0.3, 0.4) is 0 Å². The number of nitriles is 2. The van der Waals surface area contributed by atoms with Crippen LogP contribution in [0, 0.1) is 22.7 Å². The van der Waals surface area contributed by atoms with Crippen LogP contribution in [0.1, 0.15) is 25.7 Å². The minimum Gasteiger partial charge on any atom is -0.354 e. The van der Waals surface area contributed by atoms with Crippen molar-refractivity contribution in [2.45, 2.75) is 31.7 Å². The summed E-state index contributed by atoms with van der Waals surface area (Å²) in [6.45, 7) is 1.41. The van der Waals surface area contributed by atoms with Crippen molar-refractivity contribution in [1.82, 2.24) is 10.2 Å². The van der Waals surface area contributed by atoms with Gasteiger partial charge < -0.3 is 5.32 Å². The largest absolute Gasteiger partial charge is 0.354 e. The molecule has 0 bridgehead atoms. The van der Waals surface area contributed by atoms with Crippen molar-refractivity contribution in [3.8, 4) is 12.1 Å². The van der Waals surface area contributed by atoms with Gasteiger partial charge in [0.05, 0.1) is 25.1 Å². The standard InChI is InChI=1S/C11H16N4O/c12-5-1-7-14-11(16)9-15(8-2-6-13)10-3-4-10/h10H,1-4,7-9H2,(H,14,16). The lowest BCUT2D eigenvalue weighted by Gasteiger charge is -2.19. The third-order valence-corrected chi connectivity index (χ3v) is 2.48. The van der Waals surface area contributed by atoms with Crippen molar-refractivity contribution in [3.05, 3.63) is 0 Å². The molecule has 1 saturated carbocycles. The summed E-state index contributed by atoms with van der Waals surface area (Å²) in [5.41, 5.74) is 0. The van der Waals surface area contributed by atoms with Gasteiger partial charge in [-0.05, 0) is 12.8 Å². The smallest absolute Gasteiger partial charge is 0.234 e. The summed E-state index contributed by atoms with van der Waals surface area (Å²) in [6.07, 6.45) is 3.04. The molecule has 5 nitrogen and oxygen atoms in total. The Morgan fingerprint density at radius 3 is 2.56 bits per heavy atom. The Kier molecular flexibility index (Phi) is 5.31. The van der Waals surface area contributed by atoms with Crippen LogP contribution in [-0.2, 0) is 4.79 Å². The minimum atomic E-state index is -0.0555. The van der Waals surface area contributed by atoms with Crippen molar-refractivity contribution in [3.63, 3.8) is 0 Å². The van der Waals surface area contributed by atoms with E-state index >= 15 is 0 Å². The van der Waals surface area contributed by atoms with Crippen LogP contribution in [0.15, 0.2) is 0 Å². The molecule has 0 aromatic rings. The van der Waals surface area contributed by atoms with Gasteiger partial charge in [0.1, 0.15) is 0 Å². The number of rotatable bonds is 7. The second kappa shape index (κ2) is 6.81. The number of carbonyl (C=O) groups excluding carboxylic acids is 1. The van der Waals surface area contributed by atoms with Gasteiger partial charge in [-0.3, -0.25) is 9.69 Å².